The smallest absolute Gasteiger partial charge is 0.259 e. The van der Waals surface area contributed by atoms with E-state index in [2.05, 4.69) is 20.4 Å². The summed E-state index contributed by atoms with van der Waals surface area (Å²) in [4.78, 5) is 21.4. The van der Waals surface area contributed by atoms with Crippen molar-refractivity contribution in [3.63, 3.8) is 0 Å². The predicted molar refractivity (Wildman–Crippen MR) is 88.8 cm³/mol. The molecule has 1 aliphatic rings. The molecular formula is C18H18N4O2. The molecule has 4 rings (SSSR count). The molecule has 0 saturated heterocycles. The van der Waals surface area contributed by atoms with E-state index < -0.39 is 0 Å². The lowest BCUT2D eigenvalue weighted by Crippen LogP contribution is -2.26. The fraction of sp³-hybridized carbons (Fsp3) is 0.333. The Morgan fingerprint density at radius 2 is 2.25 bits per heavy atom. The maximum Gasteiger partial charge on any atom is 0.259 e. The summed E-state index contributed by atoms with van der Waals surface area (Å²) in [6.45, 7) is 2.36. The summed E-state index contributed by atoms with van der Waals surface area (Å²) in [5, 5.41) is 7.63. The monoisotopic (exact) mass is 322 g/mol. The molecule has 0 aliphatic heterocycles. The number of nitrogens with one attached hydrogen (secondary N) is 1. The number of aromatic nitrogens is 3. The normalized spacial score (nSPS) is 14.0. The van der Waals surface area contributed by atoms with Gasteiger partial charge < -0.3 is 9.84 Å². The van der Waals surface area contributed by atoms with Crippen molar-refractivity contribution in [1.82, 2.24) is 20.4 Å². The number of pyridine rings is 2. The van der Waals surface area contributed by atoms with Gasteiger partial charge in [0.15, 0.2) is 0 Å². The van der Waals surface area contributed by atoms with Crippen LogP contribution in [0.3, 0.4) is 0 Å². The molecule has 0 aromatic carbocycles. The molecule has 122 valence electrons. The minimum atomic E-state index is -0.119. The van der Waals surface area contributed by atoms with Gasteiger partial charge in [0, 0.05) is 36.5 Å². The number of amides is 1. The van der Waals surface area contributed by atoms with E-state index in [9.17, 15) is 4.79 Å². The summed E-state index contributed by atoms with van der Waals surface area (Å²) < 4.78 is 5.28. The Kier molecular flexibility index (Phi) is 3.72. The van der Waals surface area contributed by atoms with Gasteiger partial charge in [-0.25, -0.2) is 4.98 Å². The molecule has 0 unspecified atom stereocenters. The minimum absolute atomic E-state index is 0.119. The first-order valence-electron chi connectivity index (χ1n) is 8.17. The molecule has 1 saturated carbocycles. The second kappa shape index (κ2) is 6.03. The Balaban J connectivity index is 1.55. The number of rotatable bonds is 5. The maximum absolute atomic E-state index is 12.7. The topological polar surface area (TPSA) is 80.9 Å². The lowest BCUT2D eigenvalue weighted by molar-refractivity contribution is 0.0955. The molecule has 6 nitrogen and oxygen atoms in total. The number of hydrogen-bond acceptors (Lipinski definition) is 5. The molecule has 0 radical (unpaired) electrons. The summed E-state index contributed by atoms with van der Waals surface area (Å²) in [5.41, 5.74) is 3.62. The van der Waals surface area contributed by atoms with Gasteiger partial charge >= 0.3 is 0 Å². The van der Waals surface area contributed by atoms with Gasteiger partial charge in [0.25, 0.3) is 11.6 Å². The van der Waals surface area contributed by atoms with Crippen LogP contribution in [0.1, 0.15) is 46.2 Å². The number of nitrogens with zero attached hydrogens (tertiary/aromatic N) is 3. The second-order valence-electron chi connectivity index (χ2n) is 6.14. The van der Waals surface area contributed by atoms with E-state index in [0.717, 1.165) is 24.2 Å². The quantitative estimate of drug-likeness (QED) is 0.781. The van der Waals surface area contributed by atoms with E-state index in [-0.39, 0.29) is 5.91 Å². The van der Waals surface area contributed by atoms with Crippen LogP contribution < -0.4 is 5.32 Å². The Bertz CT molecular complexity index is 885. The molecule has 0 atom stereocenters. The van der Waals surface area contributed by atoms with E-state index in [4.69, 9.17) is 4.52 Å². The van der Waals surface area contributed by atoms with Crippen molar-refractivity contribution in [1.29, 1.82) is 0 Å². The molecule has 1 amide bonds. The van der Waals surface area contributed by atoms with Crippen LogP contribution in [0.2, 0.25) is 0 Å². The van der Waals surface area contributed by atoms with Gasteiger partial charge in [0.1, 0.15) is 0 Å². The number of carbonyl (C=O) groups is 1. The van der Waals surface area contributed by atoms with E-state index >= 15 is 0 Å². The molecule has 3 aromatic heterocycles. The SMILES string of the molecule is Cc1noc2nc(C3CC3)cc(C(=O)NCCc3ccccn3)c12. The number of fused-ring (bicyclic) bond motifs is 1. The van der Waals surface area contributed by atoms with Gasteiger partial charge in [0.2, 0.25) is 0 Å². The first-order valence-corrected chi connectivity index (χ1v) is 8.17. The summed E-state index contributed by atoms with van der Waals surface area (Å²) in [7, 11) is 0. The lowest BCUT2D eigenvalue weighted by Gasteiger charge is -2.07. The molecule has 0 bridgehead atoms. The first-order chi connectivity index (χ1) is 11.7. The molecule has 1 fully saturated rings. The van der Waals surface area contributed by atoms with Crippen LogP contribution in [0.4, 0.5) is 0 Å². The standard InChI is InChI=1S/C18H18N4O2/c1-11-16-14(10-15(12-5-6-12)21-18(16)24-22-11)17(23)20-9-7-13-4-2-3-8-19-13/h2-4,8,10,12H,5-7,9H2,1H3,(H,20,23). The largest absolute Gasteiger partial charge is 0.352 e. The van der Waals surface area contributed by atoms with Gasteiger partial charge in [-0.3, -0.25) is 9.78 Å². The number of carbonyl (C=O) groups excluding carboxylic acids is 1. The van der Waals surface area contributed by atoms with Gasteiger partial charge in [0.05, 0.1) is 16.6 Å². The average molecular weight is 322 g/mol. The highest BCUT2D eigenvalue weighted by Gasteiger charge is 2.28. The zero-order chi connectivity index (χ0) is 16.5. The molecule has 0 spiro atoms. The molecule has 6 heteroatoms. The average Bonchev–Trinajstić information content (AvgIpc) is 3.39. The third-order valence-electron chi connectivity index (χ3n) is 4.27. The zero-order valence-electron chi connectivity index (χ0n) is 13.5. The van der Waals surface area contributed by atoms with E-state index in [0.29, 0.717) is 41.2 Å². The lowest BCUT2D eigenvalue weighted by atomic mass is 10.1. The van der Waals surface area contributed by atoms with Crippen LogP contribution in [-0.2, 0) is 6.42 Å². The van der Waals surface area contributed by atoms with Crippen LogP contribution in [0.15, 0.2) is 35.0 Å². The van der Waals surface area contributed by atoms with Gasteiger partial charge in [-0.1, -0.05) is 11.2 Å². The van der Waals surface area contributed by atoms with E-state index in [1.807, 2.05) is 31.2 Å². The molecule has 1 N–H and O–H groups in total. The Hall–Kier alpha value is -2.76. The van der Waals surface area contributed by atoms with Crippen molar-refractivity contribution >= 4 is 17.0 Å². The van der Waals surface area contributed by atoms with Crippen molar-refractivity contribution in [2.75, 3.05) is 6.54 Å². The van der Waals surface area contributed by atoms with Crippen LogP contribution >= 0.6 is 0 Å². The first kappa shape index (κ1) is 14.8. The molecular weight excluding hydrogens is 304 g/mol. The van der Waals surface area contributed by atoms with Crippen LogP contribution in [0, 0.1) is 6.92 Å². The fourth-order valence-corrected chi connectivity index (χ4v) is 2.83. The highest BCUT2D eigenvalue weighted by atomic mass is 16.5. The summed E-state index contributed by atoms with van der Waals surface area (Å²) >= 11 is 0. The molecule has 3 heterocycles. The Morgan fingerprint density at radius 3 is 3.00 bits per heavy atom. The number of aryl methyl sites for hydroxylation is 1. The highest BCUT2D eigenvalue weighted by molar-refractivity contribution is 6.06. The van der Waals surface area contributed by atoms with Crippen LogP contribution in [0.5, 0.6) is 0 Å². The highest BCUT2D eigenvalue weighted by Crippen LogP contribution is 2.40. The summed E-state index contributed by atoms with van der Waals surface area (Å²) in [5.74, 6) is 0.325. The van der Waals surface area contributed by atoms with E-state index in [1.54, 1.807) is 6.20 Å². The summed E-state index contributed by atoms with van der Waals surface area (Å²) in [6, 6.07) is 7.66. The summed E-state index contributed by atoms with van der Waals surface area (Å²) in [6.07, 6.45) is 4.68. The van der Waals surface area contributed by atoms with Crippen molar-refractivity contribution in [2.24, 2.45) is 0 Å². The Morgan fingerprint density at radius 1 is 1.38 bits per heavy atom. The third-order valence-corrected chi connectivity index (χ3v) is 4.27. The van der Waals surface area contributed by atoms with Crippen molar-refractivity contribution < 1.29 is 9.32 Å². The molecule has 3 aromatic rings. The van der Waals surface area contributed by atoms with Gasteiger partial charge in [-0.05, 0) is 38.0 Å². The van der Waals surface area contributed by atoms with Crippen molar-refractivity contribution in [3.8, 4) is 0 Å². The van der Waals surface area contributed by atoms with Crippen molar-refractivity contribution in [3.05, 3.63) is 53.1 Å². The van der Waals surface area contributed by atoms with Crippen molar-refractivity contribution in [2.45, 2.75) is 32.1 Å². The molecule has 1 aliphatic carbocycles. The number of hydrogen-bond donors (Lipinski definition) is 1. The predicted octanol–water partition coefficient (Wildman–Crippen LogP) is 2.78. The van der Waals surface area contributed by atoms with Gasteiger partial charge in [-0.15, -0.1) is 0 Å². The second-order valence-corrected chi connectivity index (χ2v) is 6.14. The fourth-order valence-electron chi connectivity index (χ4n) is 2.83. The maximum atomic E-state index is 12.7. The zero-order valence-corrected chi connectivity index (χ0v) is 13.5. The third kappa shape index (κ3) is 2.87. The van der Waals surface area contributed by atoms with E-state index in [1.165, 1.54) is 0 Å². The minimum Gasteiger partial charge on any atom is -0.352 e. The van der Waals surface area contributed by atoms with Gasteiger partial charge in [-0.2, -0.15) is 0 Å². The van der Waals surface area contributed by atoms with Crippen LogP contribution in [-0.4, -0.2) is 27.6 Å². The Labute approximate surface area is 139 Å². The molecule has 24 heavy (non-hydrogen) atoms. The van der Waals surface area contributed by atoms with Crippen LogP contribution in [0.25, 0.3) is 11.1 Å².